The molecule has 1 unspecified atom stereocenters. The van der Waals surface area contributed by atoms with E-state index in [2.05, 4.69) is 41.4 Å². The van der Waals surface area contributed by atoms with Gasteiger partial charge in [-0.2, -0.15) is 0 Å². The van der Waals surface area contributed by atoms with Gasteiger partial charge in [0.25, 0.3) is 0 Å². The van der Waals surface area contributed by atoms with Gasteiger partial charge in [0.15, 0.2) is 0 Å². The summed E-state index contributed by atoms with van der Waals surface area (Å²) in [4.78, 5) is 30.2. The second-order valence-electron chi connectivity index (χ2n) is 10.6. The maximum Gasteiger partial charge on any atom is 0.317 e. The van der Waals surface area contributed by atoms with Crippen LogP contribution in [0.5, 0.6) is 0 Å². The van der Waals surface area contributed by atoms with Crippen molar-refractivity contribution < 1.29 is 9.59 Å². The Bertz CT molecular complexity index is 775. The zero-order valence-electron chi connectivity index (χ0n) is 18.4. The van der Waals surface area contributed by atoms with E-state index in [1.807, 2.05) is 11.8 Å². The van der Waals surface area contributed by atoms with Crippen LogP contribution in [0, 0.1) is 30.1 Å². The van der Waals surface area contributed by atoms with Crippen LogP contribution in [0.4, 0.5) is 4.79 Å². The average Bonchev–Trinajstić information content (AvgIpc) is 2.73. The number of urea groups is 1. The number of carbonyl (C=O) groups is 2. The number of piperazine rings is 1. The fraction of sp³-hybridized carbons (Fsp3) is 0.680. The molecule has 4 bridgehead atoms. The predicted molar refractivity (Wildman–Crippen MR) is 117 cm³/mol. The zero-order valence-corrected chi connectivity index (χ0v) is 18.4. The lowest BCUT2D eigenvalue weighted by Crippen LogP contribution is -2.59. The van der Waals surface area contributed by atoms with E-state index >= 15 is 0 Å². The fourth-order valence-corrected chi connectivity index (χ4v) is 7.04. The van der Waals surface area contributed by atoms with E-state index in [1.165, 1.54) is 24.8 Å². The quantitative estimate of drug-likeness (QED) is 0.816. The van der Waals surface area contributed by atoms with Crippen LogP contribution in [0.2, 0.25) is 0 Å². The van der Waals surface area contributed by atoms with Crippen LogP contribution in [-0.2, 0) is 4.79 Å². The molecule has 5 aliphatic rings. The normalized spacial score (nSPS) is 33.5. The van der Waals surface area contributed by atoms with Gasteiger partial charge in [-0.1, -0.05) is 29.8 Å². The summed E-state index contributed by atoms with van der Waals surface area (Å²) < 4.78 is 0. The fourth-order valence-electron chi connectivity index (χ4n) is 7.04. The first-order chi connectivity index (χ1) is 14.4. The number of hydrogen-bond acceptors (Lipinski definition) is 2. The molecule has 1 aromatic carbocycles. The van der Waals surface area contributed by atoms with Crippen molar-refractivity contribution in [2.24, 2.45) is 23.2 Å². The van der Waals surface area contributed by atoms with E-state index in [0.717, 1.165) is 42.6 Å². The Morgan fingerprint density at radius 3 is 1.93 bits per heavy atom. The molecule has 6 rings (SSSR count). The Kier molecular flexibility index (Phi) is 5.03. The molecule has 1 aromatic rings. The van der Waals surface area contributed by atoms with E-state index in [1.54, 1.807) is 0 Å². The lowest BCUT2D eigenvalue weighted by Gasteiger charge is -2.57. The van der Waals surface area contributed by atoms with Gasteiger partial charge in [-0.3, -0.25) is 4.79 Å². The highest BCUT2D eigenvalue weighted by Gasteiger charge is 2.55. The molecule has 1 N–H and O–H groups in total. The minimum absolute atomic E-state index is 0.0232. The molecular weight excluding hydrogens is 374 g/mol. The number of aryl methyl sites for hydroxylation is 1. The van der Waals surface area contributed by atoms with Crippen molar-refractivity contribution in [2.75, 3.05) is 26.2 Å². The van der Waals surface area contributed by atoms with Gasteiger partial charge in [-0.15, -0.1) is 0 Å². The molecule has 0 spiro atoms. The zero-order chi connectivity index (χ0) is 20.9. The smallest absolute Gasteiger partial charge is 0.317 e. The van der Waals surface area contributed by atoms with Crippen LogP contribution in [-0.4, -0.2) is 47.9 Å². The molecule has 1 saturated heterocycles. The third kappa shape index (κ3) is 3.61. The number of nitrogens with one attached hydrogen (secondary N) is 1. The molecule has 5 fully saturated rings. The summed E-state index contributed by atoms with van der Waals surface area (Å²) in [5.41, 5.74) is 2.26. The molecule has 4 saturated carbocycles. The highest BCUT2D eigenvalue weighted by molar-refractivity contribution is 5.84. The Morgan fingerprint density at radius 2 is 1.40 bits per heavy atom. The van der Waals surface area contributed by atoms with Gasteiger partial charge >= 0.3 is 6.03 Å². The van der Waals surface area contributed by atoms with Crippen LogP contribution >= 0.6 is 0 Å². The minimum atomic E-state index is -0.0703. The minimum Gasteiger partial charge on any atom is -0.339 e. The molecular formula is C25H35N3O2. The van der Waals surface area contributed by atoms with Gasteiger partial charge in [0, 0.05) is 26.2 Å². The molecule has 1 atom stereocenters. The third-order valence-electron chi connectivity index (χ3n) is 8.26. The standard InChI is InChI=1S/C25H35N3O2/c1-17-3-5-22(6-4-17)18(2)26-24(30)28-9-7-27(8-10-28)23(29)25-14-19-11-20(15-25)13-21(12-19)16-25/h3-6,18-21H,7-16H2,1-2H3,(H,26,30). The SMILES string of the molecule is Cc1ccc(C(C)NC(=O)N2CCN(C(=O)C34CC5CC(CC(C5)C3)C4)CC2)cc1. The number of carbonyl (C=O) groups excluding carboxylic acids is 2. The van der Waals surface area contributed by atoms with Crippen LogP contribution in [0.3, 0.4) is 0 Å². The molecule has 0 radical (unpaired) electrons. The summed E-state index contributed by atoms with van der Waals surface area (Å²) in [5.74, 6) is 2.76. The first kappa shape index (κ1) is 19.9. The van der Waals surface area contributed by atoms with Crippen LogP contribution < -0.4 is 5.32 Å². The van der Waals surface area contributed by atoms with Crippen LogP contribution in [0.25, 0.3) is 0 Å². The molecule has 162 valence electrons. The number of benzene rings is 1. The topological polar surface area (TPSA) is 52.7 Å². The summed E-state index contributed by atoms with van der Waals surface area (Å²) >= 11 is 0. The predicted octanol–water partition coefficient (Wildman–Crippen LogP) is 4.13. The largest absolute Gasteiger partial charge is 0.339 e. The second-order valence-corrected chi connectivity index (χ2v) is 10.6. The van der Waals surface area contributed by atoms with Gasteiger partial charge in [0.1, 0.15) is 0 Å². The number of nitrogens with zero attached hydrogens (tertiary/aromatic N) is 2. The van der Waals surface area contributed by atoms with Gasteiger partial charge in [0.05, 0.1) is 11.5 Å². The first-order valence-corrected chi connectivity index (χ1v) is 11.8. The van der Waals surface area contributed by atoms with Crippen molar-refractivity contribution in [1.29, 1.82) is 0 Å². The maximum absolute atomic E-state index is 13.5. The Hall–Kier alpha value is -2.04. The molecule has 3 amide bonds. The van der Waals surface area contributed by atoms with Crippen LogP contribution in [0.15, 0.2) is 24.3 Å². The highest BCUT2D eigenvalue weighted by Crippen LogP contribution is 2.60. The van der Waals surface area contributed by atoms with Crippen molar-refractivity contribution in [2.45, 2.75) is 58.4 Å². The van der Waals surface area contributed by atoms with Gasteiger partial charge in [-0.05, 0) is 75.7 Å². The maximum atomic E-state index is 13.5. The Balaban J connectivity index is 1.16. The second kappa shape index (κ2) is 7.58. The van der Waals surface area contributed by atoms with Crippen molar-refractivity contribution in [1.82, 2.24) is 15.1 Å². The number of rotatable bonds is 3. The number of amides is 3. The Morgan fingerprint density at radius 1 is 0.900 bits per heavy atom. The highest BCUT2D eigenvalue weighted by atomic mass is 16.2. The third-order valence-corrected chi connectivity index (χ3v) is 8.26. The lowest BCUT2D eigenvalue weighted by molar-refractivity contribution is -0.159. The van der Waals surface area contributed by atoms with Gasteiger partial charge < -0.3 is 15.1 Å². The van der Waals surface area contributed by atoms with E-state index in [0.29, 0.717) is 32.1 Å². The van der Waals surface area contributed by atoms with Crippen molar-refractivity contribution in [3.63, 3.8) is 0 Å². The molecule has 4 aliphatic carbocycles. The first-order valence-electron chi connectivity index (χ1n) is 11.8. The molecule has 5 heteroatoms. The summed E-state index contributed by atoms with van der Waals surface area (Å²) in [6, 6.07) is 8.25. The van der Waals surface area contributed by atoms with E-state index in [4.69, 9.17) is 0 Å². The monoisotopic (exact) mass is 409 g/mol. The van der Waals surface area contributed by atoms with Gasteiger partial charge in [0.2, 0.25) is 5.91 Å². The van der Waals surface area contributed by atoms with Crippen molar-refractivity contribution >= 4 is 11.9 Å². The van der Waals surface area contributed by atoms with Crippen molar-refractivity contribution in [3.05, 3.63) is 35.4 Å². The number of hydrogen-bond donors (Lipinski definition) is 1. The Labute approximate surface area is 180 Å². The molecule has 5 nitrogen and oxygen atoms in total. The summed E-state index contributed by atoms with van der Waals surface area (Å²) in [6.45, 7) is 6.70. The molecule has 1 heterocycles. The summed E-state index contributed by atoms with van der Waals surface area (Å²) in [6.07, 6.45) is 7.44. The van der Waals surface area contributed by atoms with Crippen molar-refractivity contribution in [3.8, 4) is 0 Å². The average molecular weight is 410 g/mol. The summed E-state index contributed by atoms with van der Waals surface area (Å²) in [7, 11) is 0. The van der Waals surface area contributed by atoms with Crippen LogP contribution in [0.1, 0.15) is 62.6 Å². The van der Waals surface area contributed by atoms with E-state index in [9.17, 15) is 9.59 Å². The summed E-state index contributed by atoms with van der Waals surface area (Å²) in [5, 5.41) is 3.12. The molecule has 1 aliphatic heterocycles. The van der Waals surface area contributed by atoms with Gasteiger partial charge in [-0.25, -0.2) is 4.79 Å². The van der Waals surface area contributed by atoms with E-state index < -0.39 is 0 Å². The van der Waals surface area contributed by atoms with E-state index in [-0.39, 0.29) is 17.5 Å². The molecule has 30 heavy (non-hydrogen) atoms. The lowest BCUT2D eigenvalue weighted by atomic mass is 9.49. The molecule has 0 aromatic heterocycles.